The third-order valence-corrected chi connectivity index (χ3v) is 5.17. The summed E-state index contributed by atoms with van der Waals surface area (Å²) in [5, 5.41) is 10.1. The molecule has 112 valence electrons. The van der Waals surface area contributed by atoms with E-state index in [1.54, 1.807) is 0 Å². The lowest BCUT2D eigenvalue weighted by atomic mass is 9.97. The van der Waals surface area contributed by atoms with Crippen LogP contribution in [0.5, 0.6) is 0 Å². The van der Waals surface area contributed by atoms with Crippen molar-refractivity contribution in [3.8, 4) is 0 Å². The van der Waals surface area contributed by atoms with Gasteiger partial charge in [-0.1, -0.05) is 11.3 Å². The molecule has 0 spiro atoms. The highest BCUT2D eigenvalue weighted by atomic mass is 32.1. The number of aliphatic hydroxyl groups is 1. The molecule has 1 aliphatic heterocycles. The lowest BCUT2D eigenvalue weighted by Gasteiger charge is -2.32. The minimum atomic E-state index is -4.08. The largest absolute Gasteiger partial charge is 0.391 e. The average Bonchev–Trinajstić information content (AvgIpc) is 3.17. The van der Waals surface area contributed by atoms with E-state index in [-0.39, 0.29) is 19.4 Å². The molecular weight excluding hydrogens is 289 g/mol. The van der Waals surface area contributed by atoms with Crippen molar-refractivity contribution < 1.29 is 18.3 Å². The molecule has 2 heterocycles. The molecule has 0 aromatic carbocycles. The van der Waals surface area contributed by atoms with Crippen molar-refractivity contribution in [3.63, 3.8) is 0 Å². The van der Waals surface area contributed by atoms with Gasteiger partial charge in [0.25, 0.3) is 0 Å². The molecule has 0 amide bonds. The number of hydrogen-bond acceptors (Lipinski definition) is 4. The van der Waals surface area contributed by atoms with Crippen molar-refractivity contribution in [2.24, 2.45) is 5.92 Å². The van der Waals surface area contributed by atoms with E-state index in [1.807, 2.05) is 4.90 Å². The van der Waals surface area contributed by atoms with Crippen LogP contribution in [0.2, 0.25) is 0 Å². The SMILES string of the molecule is OCc1sc(N2CCC(C(F)(F)F)CC2)nc1C1CC1. The highest BCUT2D eigenvalue weighted by molar-refractivity contribution is 7.15. The van der Waals surface area contributed by atoms with Gasteiger partial charge in [0.05, 0.1) is 23.1 Å². The van der Waals surface area contributed by atoms with Gasteiger partial charge in [0.2, 0.25) is 0 Å². The number of hydrogen-bond donors (Lipinski definition) is 1. The maximum absolute atomic E-state index is 12.6. The molecule has 20 heavy (non-hydrogen) atoms. The number of halogens is 3. The predicted molar refractivity (Wildman–Crippen MR) is 71.0 cm³/mol. The van der Waals surface area contributed by atoms with Crippen molar-refractivity contribution in [1.29, 1.82) is 0 Å². The fraction of sp³-hybridized carbons (Fsp3) is 0.769. The second-order valence-corrected chi connectivity index (χ2v) is 6.60. The average molecular weight is 306 g/mol. The molecule has 1 aromatic heterocycles. The second-order valence-electron chi connectivity index (χ2n) is 5.54. The monoisotopic (exact) mass is 306 g/mol. The first kappa shape index (κ1) is 14.1. The van der Waals surface area contributed by atoms with Crippen molar-refractivity contribution in [3.05, 3.63) is 10.6 Å². The normalized spacial score (nSPS) is 21.5. The third-order valence-electron chi connectivity index (χ3n) is 4.05. The molecule has 0 bridgehead atoms. The van der Waals surface area contributed by atoms with Crippen LogP contribution < -0.4 is 4.90 Å². The van der Waals surface area contributed by atoms with E-state index in [0.29, 0.717) is 19.0 Å². The summed E-state index contributed by atoms with van der Waals surface area (Å²) in [6.45, 7) is 0.766. The molecule has 7 heteroatoms. The first-order chi connectivity index (χ1) is 9.49. The van der Waals surface area contributed by atoms with E-state index < -0.39 is 12.1 Å². The number of nitrogens with zero attached hydrogens (tertiary/aromatic N) is 2. The number of aromatic nitrogens is 1. The number of rotatable bonds is 3. The van der Waals surface area contributed by atoms with E-state index in [2.05, 4.69) is 4.98 Å². The minimum Gasteiger partial charge on any atom is -0.391 e. The molecule has 0 atom stereocenters. The molecule has 3 nitrogen and oxygen atoms in total. The zero-order valence-electron chi connectivity index (χ0n) is 11.0. The van der Waals surface area contributed by atoms with Crippen molar-refractivity contribution in [2.45, 2.75) is 44.4 Å². The third kappa shape index (κ3) is 2.79. The van der Waals surface area contributed by atoms with Crippen LogP contribution in [0.3, 0.4) is 0 Å². The van der Waals surface area contributed by atoms with Gasteiger partial charge in [0, 0.05) is 19.0 Å². The Morgan fingerprint density at radius 1 is 1.20 bits per heavy atom. The van der Waals surface area contributed by atoms with Crippen molar-refractivity contribution in [1.82, 2.24) is 4.98 Å². The number of anilines is 1. The lowest BCUT2D eigenvalue weighted by molar-refractivity contribution is -0.179. The molecule has 1 aliphatic carbocycles. The lowest BCUT2D eigenvalue weighted by Crippen LogP contribution is -2.38. The van der Waals surface area contributed by atoms with Gasteiger partial charge in [-0.15, -0.1) is 0 Å². The molecule has 1 aromatic rings. The highest BCUT2D eigenvalue weighted by Gasteiger charge is 2.41. The summed E-state index contributed by atoms with van der Waals surface area (Å²) < 4.78 is 37.9. The Morgan fingerprint density at radius 2 is 1.85 bits per heavy atom. The summed E-state index contributed by atoms with van der Waals surface area (Å²) in [7, 11) is 0. The van der Waals surface area contributed by atoms with E-state index in [4.69, 9.17) is 0 Å². The molecule has 1 N–H and O–H groups in total. The smallest absolute Gasteiger partial charge is 0.391 e. The zero-order valence-corrected chi connectivity index (χ0v) is 11.8. The molecule has 0 radical (unpaired) electrons. The Morgan fingerprint density at radius 3 is 2.35 bits per heavy atom. The predicted octanol–water partition coefficient (Wildman–Crippen LogP) is 3.29. The quantitative estimate of drug-likeness (QED) is 0.931. The molecule has 2 aliphatic rings. The van der Waals surface area contributed by atoms with Crippen LogP contribution >= 0.6 is 11.3 Å². The van der Waals surface area contributed by atoms with E-state index >= 15 is 0 Å². The Kier molecular flexibility index (Phi) is 3.66. The number of alkyl halides is 3. The summed E-state index contributed by atoms with van der Waals surface area (Å²) in [6, 6.07) is 0. The number of piperidine rings is 1. The molecule has 1 saturated heterocycles. The summed E-state index contributed by atoms with van der Waals surface area (Å²) in [5.74, 6) is -0.728. The van der Waals surface area contributed by atoms with Crippen LogP contribution in [-0.2, 0) is 6.61 Å². The van der Waals surface area contributed by atoms with Gasteiger partial charge in [-0.25, -0.2) is 4.98 Å². The molecule has 2 fully saturated rings. The summed E-state index contributed by atoms with van der Waals surface area (Å²) >= 11 is 1.43. The maximum Gasteiger partial charge on any atom is 0.391 e. The first-order valence-corrected chi connectivity index (χ1v) is 7.73. The van der Waals surface area contributed by atoms with Gasteiger partial charge < -0.3 is 10.0 Å². The van der Waals surface area contributed by atoms with Gasteiger partial charge in [-0.3, -0.25) is 0 Å². The Bertz CT molecular complexity index is 476. The standard InChI is InChI=1S/C13H17F3N2OS/c14-13(15,16)9-3-5-18(6-4-9)12-17-11(8-1-2-8)10(7-19)20-12/h8-9,19H,1-7H2. The van der Waals surface area contributed by atoms with Crippen molar-refractivity contribution >= 4 is 16.5 Å². The van der Waals surface area contributed by atoms with Crippen LogP contribution in [0.15, 0.2) is 0 Å². The number of thiazole rings is 1. The van der Waals surface area contributed by atoms with Gasteiger partial charge in [-0.05, 0) is 25.7 Å². The summed E-state index contributed by atoms with van der Waals surface area (Å²) in [4.78, 5) is 7.36. The first-order valence-electron chi connectivity index (χ1n) is 6.91. The Hall–Kier alpha value is -0.820. The minimum absolute atomic E-state index is 0.0253. The Balaban J connectivity index is 1.69. The van der Waals surface area contributed by atoms with Crippen LogP contribution in [0.1, 0.15) is 42.2 Å². The van der Waals surface area contributed by atoms with Crippen LogP contribution in [0.25, 0.3) is 0 Å². The molecule has 3 rings (SSSR count). The fourth-order valence-electron chi connectivity index (χ4n) is 2.67. The van der Waals surface area contributed by atoms with E-state index in [9.17, 15) is 18.3 Å². The van der Waals surface area contributed by atoms with Crippen LogP contribution in [-0.4, -0.2) is 29.4 Å². The van der Waals surface area contributed by atoms with E-state index in [1.165, 1.54) is 11.3 Å². The fourth-order valence-corrected chi connectivity index (χ4v) is 3.73. The Labute approximate surface area is 119 Å². The van der Waals surface area contributed by atoms with Gasteiger partial charge in [-0.2, -0.15) is 13.2 Å². The van der Waals surface area contributed by atoms with E-state index in [0.717, 1.165) is 28.5 Å². The van der Waals surface area contributed by atoms with Crippen molar-refractivity contribution in [2.75, 3.05) is 18.0 Å². The molecule has 0 unspecified atom stereocenters. The van der Waals surface area contributed by atoms with Gasteiger partial charge in [0.1, 0.15) is 0 Å². The molecular formula is C13H17F3N2OS. The van der Waals surface area contributed by atoms with Crippen LogP contribution in [0, 0.1) is 5.92 Å². The maximum atomic E-state index is 12.6. The van der Waals surface area contributed by atoms with Gasteiger partial charge in [0.15, 0.2) is 5.13 Å². The van der Waals surface area contributed by atoms with Gasteiger partial charge >= 0.3 is 6.18 Å². The topological polar surface area (TPSA) is 36.4 Å². The molecule has 1 saturated carbocycles. The second kappa shape index (κ2) is 5.18. The zero-order chi connectivity index (χ0) is 14.3. The van der Waals surface area contributed by atoms with Crippen LogP contribution in [0.4, 0.5) is 18.3 Å². The summed E-state index contributed by atoms with van der Waals surface area (Å²) in [6.07, 6.45) is -1.60. The highest BCUT2D eigenvalue weighted by Crippen LogP contribution is 2.45. The summed E-state index contributed by atoms with van der Waals surface area (Å²) in [5.41, 5.74) is 0.963. The number of aliphatic hydroxyl groups excluding tert-OH is 1.